The fraction of sp³-hybridized carbons (Fsp3) is 0.333. The van der Waals surface area contributed by atoms with E-state index in [0.29, 0.717) is 17.4 Å². The zero-order valence-corrected chi connectivity index (χ0v) is 14.6. The minimum Gasteiger partial charge on any atom is -0.361 e. The van der Waals surface area contributed by atoms with Gasteiger partial charge < -0.3 is 9.88 Å². The summed E-state index contributed by atoms with van der Waals surface area (Å²) in [7, 11) is 2.12. The third-order valence-corrected chi connectivity index (χ3v) is 5.20. The number of benzene rings is 2. The molecule has 1 fully saturated rings. The van der Waals surface area contributed by atoms with Gasteiger partial charge in [0.15, 0.2) is 0 Å². The second-order valence-corrected chi connectivity index (χ2v) is 7.29. The quantitative estimate of drug-likeness (QED) is 0.645. The SMILES string of the molecule is CN(Cc1ccccc1)C[C@@H]1C[C@H]1c1c[nH]c2cc(C(F)(F)F)ccc12. The first-order chi connectivity index (χ1) is 12.4. The van der Waals surface area contributed by atoms with E-state index < -0.39 is 11.7 Å². The van der Waals surface area contributed by atoms with Gasteiger partial charge in [-0.25, -0.2) is 0 Å². The second kappa shape index (κ2) is 6.47. The molecule has 0 unspecified atom stereocenters. The van der Waals surface area contributed by atoms with Gasteiger partial charge in [0.05, 0.1) is 5.56 Å². The maximum Gasteiger partial charge on any atom is 0.416 e. The summed E-state index contributed by atoms with van der Waals surface area (Å²) in [4.78, 5) is 5.34. The summed E-state index contributed by atoms with van der Waals surface area (Å²) in [5.41, 5.74) is 2.40. The number of hydrogen-bond acceptors (Lipinski definition) is 1. The highest BCUT2D eigenvalue weighted by Gasteiger charge is 2.40. The Morgan fingerprint density at radius 3 is 2.62 bits per heavy atom. The lowest BCUT2D eigenvalue weighted by atomic mass is 10.1. The van der Waals surface area contributed by atoms with Crippen LogP contribution in [0.5, 0.6) is 0 Å². The van der Waals surface area contributed by atoms with Crippen LogP contribution in [0, 0.1) is 5.92 Å². The van der Waals surface area contributed by atoms with Crippen LogP contribution in [0.1, 0.15) is 29.0 Å². The summed E-state index contributed by atoms with van der Waals surface area (Å²) in [5.74, 6) is 0.990. The molecule has 136 valence electrons. The van der Waals surface area contributed by atoms with E-state index in [-0.39, 0.29) is 0 Å². The van der Waals surface area contributed by atoms with Crippen LogP contribution >= 0.6 is 0 Å². The largest absolute Gasteiger partial charge is 0.416 e. The molecule has 0 amide bonds. The molecule has 0 saturated heterocycles. The van der Waals surface area contributed by atoms with Crippen LogP contribution in [-0.4, -0.2) is 23.5 Å². The molecular weight excluding hydrogens is 337 g/mol. The molecule has 3 aromatic rings. The molecule has 1 N–H and O–H groups in total. The molecule has 0 aliphatic heterocycles. The molecule has 0 spiro atoms. The van der Waals surface area contributed by atoms with Crippen molar-refractivity contribution in [3.05, 3.63) is 71.4 Å². The number of fused-ring (bicyclic) bond motifs is 1. The summed E-state index contributed by atoms with van der Waals surface area (Å²) in [6, 6.07) is 14.3. The number of alkyl halides is 3. The van der Waals surface area contributed by atoms with Gasteiger partial charge in [-0.05, 0) is 48.6 Å². The first-order valence-corrected chi connectivity index (χ1v) is 8.82. The third-order valence-electron chi connectivity index (χ3n) is 5.20. The van der Waals surface area contributed by atoms with Gasteiger partial charge in [0.25, 0.3) is 0 Å². The molecule has 1 heterocycles. The topological polar surface area (TPSA) is 19.0 Å². The Morgan fingerprint density at radius 1 is 1.12 bits per heavy atom. The van der Waals surface area contributed by atoms with E-state index in [4.69, 9.17) is 0 Å². The number of halogens is 3. The van der Waals surface area contributed by atoms with Crippen molar-refractivity contribution >= 4 is 10.9 Å². The smallest absolute Gasteiger partial charge is 0.361 e. The number of nitrogens with one attached hydrogen (secondary N) is 1. The standard InChI is InChI=1S/C21H21F3N2/c1-26(12-14-5-3-2-4-6-14)13-15-9-18(15)19-11-25-20-10-16(21(22,23)24)7-8-17(19)20/h2-8,10-11,15,18,25H,9,12-13H2,1H3/t15-,18+/m0/s1. The minimum atomic E-state index is -4.30. The number of rotatable bonds is 5. The van der Waals surface area contributed by atoms with Gasteiger partial charge in [-0.3, -0.25) is 0 Å². The predicted octanol–water partition coefficient (Wildman–Crippen LogP) is 5.42. The van der Waals surface area contributed by atoms with E-state index in [1.165, 1.54) is 17.7 Å². The lowest BCUT2D eigenvalue weighted by Crippen LogP contribution is -2.20. The average molecular weight is 358 g/mol. The molecule has 0 bridgehead atoms. The lowest BCUT2D eigenvalue weighted by Gasteiger charge is -2.16. The number of aromatic amines is 1. The van der Waals surface area contributed by atoms with Crippen LogP contribution in [-0.2, 0) is 12.7 Å². The van der Waals surface area contributed by atoms with Crippen molar-refractivity contribution in [3.63, 3.8) is 0 Å². The molecule has 26 heavy (non-hydrogen) atoms. The highest BCUT2D eigenvalue weighted by Crippen LogP contribution is 2.50. The fourth-order valence-corrected chi connectivity index (χ4v) is 3.82. The number of hydrogen-bond donors (Lipinski definition) is 1. The first-order valence-electron chi connectivity index (χ1n) is 8.82. The van der Waals surface area contributed by atoms with Crippen LogP contribution in [0.15, 0.2) is 54.7 Å². The van der Waals surface area contributed by atoms with E-state index in [0.717, 1.165) is 30.5 Å². The van der Waals surface area contributed by atoms with E-state index in [1.54, 1.807) is 6.07 Å². The molecule has 0 radical (unpaired) electrons. The normalized spacial score (nSPS) is 20.0. The monoisotopic (exact) mass is 358 g/mol. The maximum absolute atomic E-state index is 12.9. The number of H-pyrrole nitrogens is 1. The van der Waals surface area contributed by atoms with Crippen LogP contribution < -0.4 is 0 Å². The van der Waals surface area contributed by atoms with E-state index >= 15 is 0 Å². The summed E-state index contributed by atoms with van der Waals surface area (Å²) < 4.78 is 38.6. The summed E-state index contributed by atoms with van der Waals surface area (Å²) in [6.45, 7) is 1.90. The van der Waals surface area contributed by atoms with Gasteiger partial charge >= 0.3 is 6.18 Å². The van der Waals surface area contributed by atoms with Crippen LogP contribution in [0.25, 0.3) is 10.9 Å². The predicted molar refractivity (Wildman–Crippen MR) is 96.9 cm³/mol. The van der Waals surface area contributed by atoms with Crippen molar-refractivity contribution in [3.8, 4) is 0 Å². The van der Waals surface area contributed by atoms with Gasteiger partial charge in [0.2, 0.25) is 0 Å². The van der Waals surface area contributed by atoms with Gasteiger partial charge in [0, 0.05) is 30.2 Å². The van der Waals surface area contributed by atoms with Crippen molar-refractivity contribution in [2.45, 2.75) is 25.1 Å². The first kappa shape index (κ1) is 17.2. The molecule has 2 aromatic carbocycles. The van der Waals surface area contributed by atoms with Crippen molar-refractivity contribution in [1.82, 2.24) is 9.88 Å². The van der Waals surface area contributed by atoms with Crippen LogP contribution in [0.3, 0.4) is 0 Å². The molecule has 1 aliphatic rings. The van der Waals surface area contributed by atoms with Gasteiger partial charge in [-0.2, -0.15) is 13.2 Å². The Morgan fingerprint density at radius 2 is 1.88 bits per heavy atom. The van der Waals surface area contributed by atoms with Gasteiger partial charge in [-0.15, -0.1) is 0 Å². The van der Waals surface area contributed by atoms with Gasteiger partial charge in [-0.1, -0.05) is 36.4 Å². The maximum atomic E-state index is 12.9. The Labute approximate surface area is 150 Å². The molecule has 2 nitrogen and oxygen atoms in total. The summed E-state index contributed by atoms with van der Waals surface area (Å²) in [6.07, 6.45) is -1.33. The van der Waals surface area contributed by atoms with Crippen molar-refractivity contribution < 1.29 is 13.2 Å². The zero-order valence-electron chi connectivity index (χ0n) is 14.6. The average Bonchev–Trinajstić information content (AvgIpc) is 3.21. The van der Waals surface area contributed by atoms with Crippen LogP contribution in [0.2, 0.25) is 0 Å². The molecule has 5 heteroatoms. The Balaban J connectivity index is 1.43. The van der Waals surface area contributed by atoms with Crippen molar-refractivity contribution in [1.29, 1.82) is 0 Å². The zero-order chi connectivity index (χ0) is 18.3. The van der Waals surface area contributed by atoms with Crippen LogP contribution in [0.4, 0.5) is 13.2 Å². The summed E-state index contributed by atoms with van der Waals surface area (Å²) >= 11 is 0. The number of aromatic nitrogens is 1. The molecule has 2 atom stereocenters. The summed E-state index contributed by atoms with van der Waals surface area (Å²) in [5, 5.41) is 0.913. The molecular formula is C21H21F3N2. The number of nitrogens with zero attached hydrogens (tertiary/aromatic N) is 1. The van der Waals surface area contributed by atoms with Gasteiger partial charge in [0.1, 0.15) is 0 Å². The van der Waals surface area contributed by atoms with Crippen molar-refractivity contribution in [2.75, 3.05) is 13.6 Å². The molecule has 1 aliphatic carbocycles. The van der Waals surface area contributed by atoms with E-state index in [1.807, 2.05) is 24.4 Å². The molecule has 1 aromatic heterocycles. The molecule has 1 saturated carbocycles. The Hall–Kier alpha value is -2.27. The highest BCUT2D eigenvalue weighted by atomic mass is 19.4. The molecule has 4 rings (SSSR count). The third kappa shape index (κ3) is 3.49. The minimum absolute atomic E-state index is 0.429. The lowest BCUT2D eigenvalue weighted by molar-refractivity contribution is -0.137. The Kier molecular flexibility index (Phi) is 4.27. The van der Waals surface area contributed by atoms with E-state index in [9.17, 15) is 13.2 Å². The van der Waals surface area contributed by atoms with E-state index in [2.05, 4.69) is 29.1 Å². The van der Waals surface area contributed by atoms with Crippen molar-refractivity contribution in [2.24, 2.45) is 5.92 Å². The highest BCUT2D eigenvalue weighted by molar-refractivity contribution is 5.85. The Bertz CT molecular complexity index is 899. The second-order valence-electron chi connectivity index (χ2n) is 7.29. The fourth-order valence-electron chi connectivity index (χ4n) is 3.82.